The van der Waals surface area contributed by atoms with Crippen LogP contribution in [0.15, 0.2) is 62.6 Å². The Labute approximate surface area is 158 Å². The molecule has 0 radical (unpaired) electrons. The van der Waals surface area contributed by atoms with E-state index in [2.05, 4.69) is 31.4 Å². The van der Waals surface area contributed by atoms with Crippen LogP contribution < -0.4 is 5.32 Å². The maximum Gasteiger partial charge on any atom is 0.276 e. The Morgan fingerprint density at radius 2 is 2.04 bits per heavy atom. The largest absolute Gasteiger partial charge is 0.411 e. The minimum absolute atomic E-state index is 0.0338. The van der Waals surface area contributed by atoms with Crippen LogP contribution in [0.25, 0.3) is 11.5 Å². The van der Waals surface area contributed by atoms with Gasteiger partial charge in [0.15, 0.2) is 0 Å². The molecule has 0 saturated heterocycles. The fraction of sp³-hybridized carbons (Fsp3) is 0.167. The van der Waals surface area contributed by atoms with Crippen molar-refractivity contribution in [2.75, 3.05) is 11.1 Å². The molecular formula is C18H16BrN3O2S. The lowest BCUT2D eigenvalue weighted by Gasteiger charge is -2.07. The fourth-order valence-corrected chi connectivity index (χ4v) is 3.26. The van der Waals surface area contributed by atoms with Crippen LogP contribution in [0.1, 0.15) is 12.0 Å². The van der Waals surface area contributed by atoms with Crippen molar-refractivity contribution in [1.29, 1.82) is 0 Å². The van der Waals surface area contributed by atoms with Crippen molar-refractivity contribution in [3.63, 3.8) is 0 Å². The average molecular weight is 418 g/mol. The second kappa shape index (κ2) is 8.31. The zero-order valence-corrected chi connectivity index (χ0v) is 15.9. The highest BCUT2D eigenvalue weighted by Crippen LogP contribution is 2.25. The molecule has 1 heterocycles. The first-order valence-electron chi connectivity index (χ1n) is 7.69. The molecular weight excluding hydrogens is 402 g/mol. The molecule has 0 fully saturated rings. The lowest BCUT2D eigenvalue weighted by Crippen LogP contribution is -2.12. The number of nitrogens with zero attached hydrogens (tertiary/aromatic N) is 2. The van der Waals surface area contributed by atoms with Gasteiger partial charge in [-0.15, -0.1) is 10.2 Å². The van der Waals surface area contributed by atoms with E-state index in [4.69, 9.17) is 4.42 Å². The van der Waals surface area contributed by atoms with Gasteiger partial charge in [0, 0.05) is 27.9 Å². The summed E-state index contributed by atoms with van der Waals surface area (Å²) in [5.41, 5.74) is 2.73. The minimum Gasteiger partial charge on any atom is -0.411 e. The van der Waals surface area contributed by atoms with Crippen molar-refractivity contribution >= 4 is 39.3 Å². The summed E-state index contributed by atoms with van der Waals surface area (Å²) in [6.07, 6.45) is 0.369. The molecule has 0 saturated carbocycles. The van der Waals surface area contributed by atoms with Gasteiger partial charge in [-0.1, -0.05) is 52.0 Å². The highest BCUT2D eigenvalue weighted by atomic mass is 79.9. The summed E-state index contributed by atoms with van der Waals surface area (Å²) in [5, 5.41) is 11.4. The Hall–Kier alpha value is -2.12. The van der Waals surface area contributed by atoms with Crippen LogP contribution in [0.3, 0.4) is 0 Å². The summed E-state index contributed by atoms with van der Waals surface area (Å²) in [6, 6.07) is 15.4. The number of carbonyl (C=O) groups excluding carboxylic acids is 1. The molecule has 0 aliphatic rings. The number of carbonyl (C=O) groups is 1. The van der Waals surface area contributed by atoms with Crippen molar-refractivity contribution in [3.8, 4) is 11.5 Å². The zero-order chi connectivity index (χ0) is 17.6. The highest BCUT2D eigenvalue weighted by molar-refractivity contribution is 9.10. The van der Waals surface area contributed by atoms with Gasteiger partial charge in [0.2, 0.25) is 11.8 Å². The molecule has 0 spiro atoms. The van der Waals surface area contributed by atoms with Crippen LogP contribution in [0.4, 0.5) is 5.69 Å². The van der Waals surface area contributed by atoms with Crippen molar-refractivity contribution in [2.45, 2.75) is 18.6 Å². The van der Waals surface area contributed by atoms with Gasteiger partial charge in [0.25, 0.3) is 5.22 Å². The molecule has 1 N–H and O–H groups in total. The van der Waals surface area contributed by atoms with E-state index in [1.165, 1.54) is 11.8 Å². The van der Waals surface area contributed by atoms with Crippen LogP contribution in [-0.4, -0.2) is 21.9 Å². The summed E-state index contributed by atoms with van der Waals surface area (Å²) in [6.45, 7) is 1.96. The third kappa shape index (κ3) is 4.93. The molecule has 0 atom stereocenters. The molecule has 128 valence electrons. The molecule has 7 heteroatoms. The predicted octanol–water partition coefficient (Wildman–Crippen LogP) is 4.93. The third-order valence-electron chi connectivity index (χ3n) is 3.45. The number of nitrogens with one attached hydrogen (secondary N) is 1. The molecule has 0 aliphatic heterocycles. The van der Waals surface area contributed by atoms with Crippen molar-refractivity contribution < 1.29 is 9.21 Å². The van der Waals surface area contributed by atoms with Crippen LogP contribution in [0.2, 0.25) is 0 Å². The first-order valence-corrected chi connectivity index (χ1v) is 9.47. The molecule has 1 amide bonds. The first kappa shape index (κ1) is 17.7. The summed E-state index contributed by atoms with van der Waals surface area (Å²) < 4.78 is 6.58. The topological polar surface area (TPSA) is 68.0 Å². The lowest BCUT2D eigenvalue weighted by atomic mass is 10.2. The minimum atomic E-state index is -0.0338. The summed E-state index contributed by atoms with van der Waals surface area (Å²) in [7, 11) is 0. The number of rotatable bonds is 6. The summed E-state index contributed by atoms with van der Waals surface area (Å²) in [4.78, 5) is 12.0. The number of thioether (sulfide) groups is 1. The normalized spacial score (nSPS) is 10.6. The van der Waals surface area contributed by atoms with Gasteiger partial charge in [0.05, 0.1) is 0 Å². The van der Waals surface area contributed by atoms with E-state index in [1.54, 1.807) is 0 Å². The van der Waals surface area contributed by atoms with Gasteiger partial charge in [-0.2, -0.15) is 0 Å². The third-order valence-corrected chi connectivity index (χ3v) is 4.77. The van der Waals surface area contributed by atoms with E-state index in [0.29, 0.717) is 23.3 Å². The Kier molecular flexibility index (Phi) is 5.88. The SMILES string of the molecule is Cc1ccccc1NC(=O)CCSc1nnc(-c2cccc(Br)c2)o1. The Bertz CT molecular complexity index is 882. The number of benzene rings is 2. The number of anilines is 1. The molecule has 2 aromatic carbocycles. The van der Waals surface area contributed by atoms with Crippen LogP contribution in [0, 0.1) is 6.92 Å². The van der Waals surface area contributed by atoms with Gasteiger partial charge in [-0.05, 0) is 36.8 Å². The number of para-hydroxylation sites is 1. The van der Waals surface area contributed by atoms with E-state index < -0.39 is 0 Å². The number of hydrogen-bond acceptors (Lipinski definition) is 5. The van der Waals surface area contributed by atoms with Gasteiger partial charge < -0.3 is 9.73 Å². The first-order chi connectivity index (χ1) is 12.1. The number of aryl methyl sites for hydroxylation is 1. The summed E-state index contributed by atoms with van der Waals surface area (Å²) in [5.74, 6) is 0.999. The second-order valence-corrected chi connectivity index (χ2v) is 7.31. The van der Waals surface area contributed by atoms with Crippen LogP contribution >= 0.6 is 27.7 Å². The Morgan fingerprint density at radius 3 is 2.84 bits per heavy atom. The molecule has 25 heavy (non-hydrogen) atoms. The van der Waals surface area contributed by atoms with Gasteiger partial charge in [-0.3, -0.25) is 4.79 Å². The monoisotopic (exact) mass is 417 g/mol. The van der Waals surface area contributed by atoms with E-state index in [9.17, 15) is 4.79 Å². The maximum absolute atomic E-state index is 12.0. The number of halogens is 1. The van der Waals surface area contributed by atoms with Crippen molar-refractivity contribution in [2.24, 2.45) is 0 Å². The molecule has 0 unspecified atom stereocenters. The van der Waals surface area contributed by atoms with E-state index in [-0.39, 0.29) is 5.91 Å². The van der Waals surface area contributed by atoms with E-state index in [1.807, 2.05) is 55.5 Å². The molecule has 3 aromatic rings. The molecule has 0 bridgehead atoms. The maximum atomic E-state index is 12.0. The van der Waals surface area contributed by atoms with Gasteiger partial charge in [-0.25, -0.2) is 0 Å². The van der Waals surface area contributed by atoms with Crippen molar-refractivity contribution in [3.05, 3.63) is 58.6 Å². The van der Waals surface area contributed by atoms with Crippen molar-refractivity contribution in [1.82, 2.24) is 10.2 Å². The Balaban J connectivity index is 1.51. The van der Waals surface area contributed by atoms with Crippen LogP contribution in [0.5, 0.6) is 0 Å². The van der Waals surface area contributed by atoms with Crippen LogP contribution in [-0.2, 0) is 4.79 Å². The zero-order valence-electron chi connectivity index (χ0n) is 13.5. The average Bonchev–Trinajstić information content (AvgIpc) is 3.06. The Morgan fingerprint density at radius 1 is 1.20 bits per heavy atom. The van der Waals surface area contributed by atoms with Gasteiger partial charge >= 0.3 is 0 Å². The number of amides is 1. The fourth-order valence-electron chi connectivity index (χ4n) is 2.16. The molecule has 1 aromatic heterocycles. The smallest absolute Gasteiger partial charge is 0.276 e. The van der Waals surface area contributed by atoms with E-state index >= 15 is 0 Å². The van der Waals surface area contributed by atoms with Gasteiger partial charge in [0.1, 0.15) is 0 Å². The molecule has 5 nitrogen and oxygen atoms in total. The second-order valence-electron chi connectivity index (χ2n) is 5.35. The number of hydrogen-bond donors (Lipinski definition) is 1. The highest BCUT2D eigenvalue weighted by Gasteiger charge is 2.11. The quantitative estimate of drug-likeness (QED) is 0.575. The molecule has 3 rings (SSSR count). The summed E-state index contributed by atoms with van der Waals surface area (Å²) >= 11 is 4.79. The molecule has 0 aliphatic carbocycles. The predicted molar refractivity (Wildman–Crippen MR) is 103 cm³/mol. The standard InChI is InChI=1S/C18H16BrN3O2S/c1-12-5-2-3-8-15(12)20-16(23)9-10-25-18-22-21-17(24-18)13-6-4-7-14(19)11-13/h2-8,11H,9-10H2,1H3,(H,20,23). The number of aromatic nitrogens is 2. The lowest BCUT2D eigenvalue weighted by molar-refractivity contribution is -0.115. The van der Waals surface area contributed by atoms with E-state index in [0.717, 1.165) is 21.3 Å².